The van der Waals surface area contributed by atoms with Crippen LogP contribution in [0.3, 0.4) is 0 Å². The maximum Gasteiger partial charge on any atom is 0.141 e. The molecule has 2 rings (SSSR count). The van der Waals surface area contributed by atoms with Gasteiger partial charge in [-0.15, -0.1) is 0 Å². The topological polar surface area (TPSA) is 21.3 Å². The second-order valence-electron chi connectivity index (χ2n) is 4.48. The van der Waals surface area contributed by atoms with Crippen molar-refractivity contribution in [2.45, 2.75) is 19.4 Å². The highest BCUT2D eigenvalue weighted by atomic mass is 35.5. The molecule has 17 heavy (non-hydrogen) atoms. The van der Waals surface area contributed by atoms with Crippen LogP contribution in [0.5, 0.6) is 0 Å². The number of benzene rings is 1. The average molecular weight is 258 g/mol. The number of ether oxygens (including phenoxy) is 1. The van der Waals surface area contributed by atoms with E-state index < -0.39 is 0 Å². The van der Waals surface area contributed by atoms with Gasteiger partial charge < -0.3 is 10.1 Å². The van der Waals surface area contributed by atoms with Crippen LogP contribution in [-0.2, 0) is 11.3 Å². The molecule has 1 heterocycles. The Labute approximate surface area is 106 Å². The van der Waals surface area contributed by atoms with Crippen LogP contribution in [0.1, 0.15) is 18.4 Å². The Morgan fingerprint density at radius 2 is 2.35 bits per heavy atom. The molecule has 1 saturated heterocycles. The fourth-order valence-electron chi connectivity index (χ4n) is 2.04. The van der Waals surface area contributed by atoms with Crippen molar-refractivity contribution in [2.24, 2.45) is 5.92 Å². The van der Waals surface area contributed by atoms with E-state index in [0.717, 1.165) is 25.3 Å². The summed E-state index contributed by atoms with van der Waals surface area (Å²) in [5.41, 5.74) is 0.917. The first-order chi connectivity index (χ1) is 8.25. The van der Waals surface area contributed by atoms with Crippen LogP contribution < -0.4 is 5.32 Å². The van der Waals surface area contributed by atoms with Gasteiger partial charge in [0.15, 0.2) is 0 Å². The third-order valence-corrected chi connectivity index (χ3v) is 3.29. The zero-order valence-corrected chi connectivity index (χ0v) is 10.5. The standard InChI is InChI=1S/C13H17ClFNO/c14-12-6-10(3-4-13(12)15)8-17-9-11-2-1-5-16-7-11/h3-4,6,11,16H,1-2,5,7-9H2. The molecule has 1 aliphatic heterocycles. The Bertz CT molecular complexity index is 366. The van der Waals surface area contributed by atoms with Gasteiger partial charge in [-0.25, -0.2) is 4.39 Å². The van der Waals surface area contributed by atoms with Gasteiger partial charge in [-0.05, 0) is 43.0 Å². The van der Waals surface area contributed by atoms with Crippen molar-refractivity contribution in [1.82, 2.24) is 5.32 Å². The summed E-state index contributed by atoms with van der Waals surface area (Å²) in [4.78, 5) is 0. The summed E-state index contributed by atoms with van der Waals surface area (Å²) in [5.74, 6) is 0.214. The minimum Gasteiger partial charge on any atom is -0.376 e. The summed E-state index contributed by atoms with van der Waals surface area (Å²) in [5, 5.41) is 3.51. The van der Waals surface area contributed by atoms with Crippen LogP contribution in [0.15, 0.2) is 18.2 Å². The Kier molecular flexibility index (Phi) is 4.77. The molecule has 0 aromatic heterocycles. The predicted octanol–water partition coefficient (Wildman–Crippen LogP) is 3.00. The van der Waals surface area contributed by atoms with Gasteiger partial charge in [0.25, 0.3) is 0 Å². The van der Waals surface area contributed by atoms with Gasteiger partial charge in [-0.1, -0.05) is 17.7 Å². The molecule has 0 saturated carbocycles. The van der Waals surface area contributed by atoms with Gasteiger partial charge in [0, 0.05) is 6.54 Å². The molecule has 94 valence electrons. The van der Waals surface area contributed by atoms with Gasteiger partial charge in [0.05, 0.1) is 18.2 Å². The molecule has 1 aliphatic rings. The lowest BCUT2D eigenvalue weighted by atomic mass is 10.0. The van der Waals surface area contributed by atoms with Crippen LogP contribution in [0.4, 0.5) is 4.39 Å². The highest BCUT2D eigenvalue weighted by Crippen LogP contribution is 2.17. The molecule has 1 fully saturated rings. The lowest BCUT2D eigenvalue weighted by Gasteiger charge is -2.22. The molecule has 2 nitrogen and oxygen atoms in total. The summed E-state index contributed by atoms with van der Waals surface area (Å²) < 4.78 is 18.6. The van der Waals surface area contributed by atoms with E-state index in [1.807, 2.05) is 0 Å². The molecule has 0 spiro atoms. The van der Waals surface area contributed by atoms with Crippen molar-refractivity contribution in [3.8, 4) is 0 Å². The molecule has 1 unspecified atom stereocenters. The Morgan fingerprint density at radius 1 is 1.47 bits per heavy atom. The number of nitrogens with one attached hydrogen (secondary N) is 1. The van der Waals surface area contributed by atoms with Crippen molar-refractivity contribution >= 4 is 11.6 Å². The van der Waals surface area contributed by atoms with E-state index in [-0.39, 0.29) is 10.8 Å². The van der Waals surface area contributed by atoms with Crippen LogP contribution >= 0.6 is 11.6 Å². The van der Waals surface area contributed by atoms with Crippen LogP contribution in [0.2, 0.25) is 5.02 Å². The summed E-state index contributed by atoms with van der Waals surface area (Å²) >= 11 is 5.70. The largest absolute Gasteiger partial charge is 0.376 e. The number of hydrogen-bond acceptors (Lipinski definition) is 2. The lowest BCUT2D eigenvalue weighted by molar-refractivity contribution is 0.0783. The molecule has 0 amide bonds. The maximum absolute atomic E-state index is 12.9. The highest BCUT2D eigenvalue weighted by molar-refractivity contribution is 6.30. The zero-order valence-electron chi connectivity index (χ0n) is 9.72. The summed E-state index contributed by atoms with van der Waals surface area (Å²) in [6, 6.07) is 4.71. The second-order valence-corrected chi connectivity index (χ2v) is 4.88. The van der Waals surface area contributed by atoms with E-state index in [2.05, 4.69) is 5.32 Å². The van der Waals surface area contributed by atoms with E-state index in [4.69, 9.17) is 16.3 Å². The first-order valence-electron chi connectivity index (χ1n) is 5.98. The van der Waals surface area contributed by atoms with Crippen molar-refractivity contribution in [3.05, 3.63) is 34.6 Å². The monoisotopic (exact) mass is 257 g/mol. The smallest absolute Gasteiger partial charge is 0.141 e. The zero-order chi connectivity index (χ0) is 12.1. The molecule has 1 atom stereocenters. The van der Waals surface area contributed by atoms with E-state index >= 15 is 0 Å². The van der Waals surface area contributed by atoms with Crippen LogP contribution in [0.25, 0.3) is 0 Å². The molecule has 0 bridgehead atoms. The third-order valence-electron chi connectivity index (χ3n) is 3.01. The Hall–Kier alpha value is -0.640. The molecule has 1 N–H and O–H groups in total. The fourth-order valence-corrected chi connectivity index (χ4v) is 2.24. The molecule has 1 aromatic rings. The summed E-state index contributed by atoms with van der Waals surface area (Å²) in [7, 11) is 0. The molecule has 1 aromatic carbocycles. The van der Waals surface area contributed by atoms with Gasteiger partial charge in [-0.3, -0.25) is 0 Å². The highest BCUT2D eigenvalue weighted by Gasteiger charge is 2.12. The van der Waals surface area contributed by atoms with Crippen molar-refractivity contribution < 1.29 is 9.13 Å². The number of halogens is 2. The molecular formula is C13H17ClFNO. The van der Waals surface area contributed by atoms with Crippen LogP contribution in [0, 0.1) is 11.7 Å². The third kappa shape index (κ3) is 3.95. The number of hydrogen-bond donors (Lipinski definition) is 1. The van der Waals surface area contributed by atoms with Crippen molar-refractivity contribution in [1.29, 1.82) is 0 Å². The van der Waals surface area contributed by atoms with Gasteiger partial charge in [0.1, 0.15) is 5.82 Å². The first kappa shape index (κ1) is 12.8. The summed E-state index contributed by atoms with van der Waals surface area (Å²) in [6.45, 7) is 3.40. The van der Waals surface area contributed by atoms with E-state index in [1.54, 1.807) is 12.1 Å². The predicted molar refractivity (Wildman–Crippen MR) is 66.7 cm³/mol. The maximum atomic E-state index is 12.9. The Morgan fingerprint density at radius 3 is 3.06 bits per heavy atom. The SMILES string of the molecule is Fc1ccc(COCC2CCCNC2)cc1Cl. The van der Waals surface area contributed by atoms with Gasteiger partial charge in [-0.2, -0.15) is 0 Å². The second kappa shape index (κ2) is 6.34. The quantitative estimate of drug-likeness (QED) is 0.895. The van der Waals surface area contributed by atoms with E-state index in [9.17, 15) is 4.39 Å². The molecule has 4 heteroatoms. The number of piperidine rings is 1. The van der Waals surface area contributed by atoms with Gasteiger partial charge in [0.2, 0.25) is 0 Å². The van der Waals surface area contributed by atoms with Crippen LogP contribution in [-0.4, -0.2) is 19.7 Å². The first-order valence-corrected chi connectivity index (χ1v) is 6.36. The summed E-state index contributed by atoms with van der Waals surface area (Å²) in [6.07, 6.45) is 2.44. The normalized spacial score (nSPS) is 20.5. The lowest BCUT2D eigenvalue weighted by Crippen LogP contribution is -2.32. The number of rotatable bonds is 4. The minimum absolute atomic E-state index is 0.158. The Balaban J connectivity index is 1.75. The van der Waals surface area contributed by atoms with E-state index in [1.165, 1.54) is 18.9 Å². The van der Waals surface area contributed by atoms with Crippen molar-refractivity contribution in [2.75, 3.05) is 19.7 Å². The minimum atomic E-state index is -0.383. The van der Waals surface area contributed by atoms with E-state index in [0.29, 0.717) is 12.5 Å². The molecule has 0 radical (unpaired) electrons. The molecular weight excluding hydrogens is 241 g/mol. The van der Waals surface area contributed by atoms with Crippen molar-refractivity contribution in [3.63, 3.8) is 0 Å². The molecule has 0 aliphatic carbocycles. The van der Waals surface area contributed by atoms with Gasteiger partial charge >= 0.3 is 0 Å². The average Bonchev–Trinajstić information content (AvgIpc) is 2.35. The fraction of sp³-hybridized carbons (Fsp3) is 0.538.